The van der Waals surface area contributed by atoms with E-state index in [-0.39, 0.29) is 0 Å². The molecule has 0 bridgehead atoms. The number of fused-ring (bicyclic) bond motifs is 1. The maximum atomic E-state index is 5.55. The molecule has 18 heavy (non-hydrogen) atoms. The van der Waals surface area contributed by atoms with Gasteiger partial charge in [-0.25, -0.2) is 0 Å². The molecule has 2 rings (SSSR count). The van der Waals surface area contributed by atoms with Gasteiger partial charge in [-0.05, 0) is 56.0 Å². The number of rotatable bonds is 7. The lowest BCUT2D eigenvalue weighted by Crippen LogP contribution is -2.19. The van der Waals surface area contributed by atoms with Crippen LogP contribution in [0, 0.1) is 0 Å². The number of aryl methyl sites for hydroxylation is 1. The first-order chi connectivity index (χ1) is 8.85. The van der Waals surface area contributed by atoms with Gasteiger partial charge in [0.25, 0.3) is 0 Å². The molecule has 100 valence electrons. The number of nitrogens with one attached hydrogen (secondary N) is 1. The largest absolute Gasteiger partial charge is 0.468 e. The summed E-state index contributed by atoms with van der Waals surface area (Å²) in [6.07, 6.45) is 3.52. The second-order valence-electron chi connectivity index (χ2n) is 4.66. The Labute approximate surface area is 109 Å². The van der Waals surface area contributed by atoms with Crippen LogP contribution in [-0.4, -0.2) is 19.9 Å². The zero-order chi connectivity index (χ0) is 12.8. The van der Waals surface area contributed by atoms with E-state index in [4.69, 9.17) is 9.47 Å². The van der Waals surface area contributed by atoms with Gasteiger partial charge >= 0.3 is 0 Å². The molecule has 0 saturated heterocycles. The predicted molar refractivity (Wildman–Crippen MR) is 72.9 cm³/mol. The monoisotopic (exact) mass is 249 g/mol. The van der Waals surface area contributed by atoms with Gasteiger partial charge in [-0.3, -0.25) is 0 Å². The van der Waals surface area contributed by atoms with Gasteiger partial charge in [-0.15, -0.1) is 0 Å². The van der Waals surface area contributed by atoms with Gasteiger partial charge in [0.1, 0.15) is 5.75 Å². The molecule has 0 aliphatic heterocycles. The number of benzene rings is 1. The van der Waals surface area contributed by atoms with E-state index in [9.17, 15) is 0 Å². The van der Waals surface area contributed by atoms with Crippen molar-refractivity contribution in [3.8, 4) is 5.75 Å². The fraction of sp³-hybridized carbons (Fsp3) is 0.600. The minimum absolute atomic E-state index is 0.340. The summed E-state index contributed by atoms with van der Waals surface area (Å²) in [6.45, 7) is 6.29. The van der Waals surface area contributed by atoms with Crippen LogP contribution in [0.15, 0.2) is 18.2 Å². The molecule has 0 aromatic heterocycles. The van der Waals surface area contributed by atoms with Gasteiger partial charge in [-0.1, -0.05) is 13.0 Å². The first kappa shape index (κ1) is 13.4. The van der Waals surface area contributed by atoms with Crippen molar-refractivity contribution in [2.24, 2.45) is 0 Å². The van der Waals surface area contributed by atoms with Gasteiger partial charge in [0.2, 0.25) is 0 Å². The third kappa shape index (κ3) is 3.24. The third-order valence-corrected chi connectivity index (χ3v) is 3.35. The quantitative estimate of drug-likeness (QED) is 0.595. The Morgan fingerprint density at radius 1 is 1.33 bits per heavy atom. The van der Waals surface area contributed by atoms with Crippen LogP contribution in [0.25, 0.3) is 0 Å². The van der Waals surface area contributed by atoms with E-state index in [0.29, 0.717) is 19.4 Å². The fourth-order valence-corrected chi connectivity index (χ4v) is 2.41. The zero-order valence-corrected chi connectivity index (χ0v) is 11.4. The summed E-state index contributed by atoms with van der Waals surface area (Å²) in [7, 11) is 0. The standard InChI is InChI=1S/C15H23NO2/c1-3-9-16-15-8-5-12-10-13(6-7-14(12)15)18-11-17-4-2/h6-7,10,15-16H,3-5,8-9,11H2,1-2H3. The molecule has 1 aliphatic carbocycles. The summed E-state index contributed by atoms with van der Waals surface area (Å²) in [5.74, 6) is 0.915. The topological polar surface area (TPSA) is 30.5 Å². The summed E-state index contributed by atoms with van der Waals surface area (Å²) in [6, 6.07) is 6.92. The molecule has 0 amide bonds. The van der Waals surface area contributed by atoms with Gasteiger partial charge in [0.05, 0.1) is 0 Å². The van der Waals surface area contributed by atoms with E-state index in [1.165, 1.54) is 24.0 Å². The molecule has 0 saturated carbocycles. The van der Waals surface area contributed by atoms with Crippen molar-refractivity contribution in [2.45, 2.75) is 39.2 Å². The van der Waals surface area contributed by atoms with Gasteiger partial charge in [0, 0.05) is 12.6 Å². The minimum Gasteiger partial charge on any atom is -0.468 e. The molecule has 1 aliphatic rings. The van der Waals surface area contributed by atoms with Crippen LogP contribution in [0.5, 0.6) is 5.75 Å². The van der Waals surface area contributed by atoms with E-state index in [2.05, 4.69) is 24.4 Å². The lowest BCUT2D eigenvalue weighted by molar-refractivity contribution is 0.0224. The lowest BCUT2D eigenvalue weighted by atomic mass is 10.1. The Bertz CT molecular complexity index is 379. The normalized spacial score (nSPS) is 17.8. The first-order valence-electron chi connectivity index (χ1n) is 6.92. The molecular formula is C15H23NO2. The van der Waals surface area contributed by atoms with E-state index < -0.39 is 0 Å². The van der Waals surface area contributed by atoms with Crippen LogP contribution in [0.1, 0.15) is 43.9 Å². The molecule has 0 fully saturated rings. The summed E-state index contributed by atoms with van der Waals surface area (Å²) < 4.78 is 10.7. The van der Waals surface area contributed by atoms with E-state index >= 15 is 0 Å². The summed E-state index contributed by atoms with van der Waals surface area (Å²) in [5.41, 5.74) is 2.85. The Morgan fingerprint density at radius 3 is 3.00 bits per heavy atom. The minimum atomic E-state index is 0.340. The summed E-state index contributed by atoms with van der Waals surface area (Å²) in [5, 5.41) is 3.59. The Kier molecular flexibility index (Phi) is 5.02. The van der Waals surface area contributed by atoms with E-state index in [1.54, 1.807) is 0 Å². The maximum Gasteiger partial charge on any atom is 0.189 e. The number of hydrogen-bond acceptors (Lipinski definition) is 3. The Balaban J connectivity index is 1.96. The molecule has 1 aromatic rings. The molecule has 0 heterocycles. The zero-order valence-electron chi connectivity index (χ0n) is 11.4. The van der Waals surface area contributed by atoms with Crippen LogP contribution < -0.4 is 10.1 Å². The van der Waals surface area contributed by atoms with Crippen molar-refractivity contribution in [2.75, 3.05) is 19.9 Å². The highest BCUT2D eigenvalue weighted by Gasteiger charge is 2.21. The van der Waals surface area contributed by atoms with Gasteiger partial charge < -0.3 is 14.8 Å². The van der Waals surface area contributed by atoms with Crippen molar-refractivity contribution in [1.29, 1.82) is 0 Å². The van der Waals surface area contributed by atoms with Crippen molar-refractivity contribution in [1.82, 2.24) is 5.32 Å². The van der Waals surface area contributed by atoms with Crippen molar-refractivity contribution >= 4 is 0 Å². The Morgan fingerprint density at radius 2 is 2.22 bits per heavy atom. The summed E-state index contributed by atoms with van der Waals surface area (Å²) in [4.78, 5) is 0. The van der Waals surface area contributed by atoms with Crippen molar-refractivity contribution in [3.05, 3.63) is 29.3 Å². The van der Waals surface area contributed by atoms with Crippen LogP contribution in [0.4, 0.5) is 0 Å². The third-order valence-electron chi connectivity index (χ3n) is 3.35. The maximum absolute atomic E-state index is 5.55. The summed E-state index contributed by atoms with van der Waals surface area (Å²) >= 11 is 0. The van der Waals surface area contributed by atoms with E-state index in [1.807, 2.05) is 13.0 Å². The predicted octanol–water partition coefficient (Wildman–Crippen LogP) is 3.05. The molecule has 3 heteroatoms. The number of ether oxygens (including phenoxy) is 2. The molecule has 1 N–H and O–H groups in total. The van der Waals surface area contributed by atoms with Gasteiger partial charge in [-0.2, -0.15) is 0 Å². The SMILES string of the molecule is CCCNC1CCc2cc(OCOCC)ccc21. The highest BCUT2D eigenvalue weighted by molar-refractivity contribution is 5.40. The van der Waals surface area contributed by atoms with Crippen LogP contribution in [0.2, 0.25) is 0 Å². The number of hydrogen-bond donors (Lipinski definition) is 1. The van der Waals surface area contributed by atoms with Crippen LogP contribution in [0.3, 0.4) is 0 Å². The second-order valence-corrected chi connectivity index (χ2v) is 4.66. The van der Waals surface area contributed by atoms with Gasteiger partial charge in [0.15, 0.2) is 6.79 Å². The Hall–Kier alpha value is -1.06. The molecule has 3 nitrogen and oxygen atoms in total. The smallest absolute Gasteiger partial charge is 0.189 e. The van der Waals surface area contributed by atoms with Crippen LogP contribution >= 0.6 is 0 Å². The highest BCUT2D eigenvalue weighted by atomic mass is 16.7. The first-order valence-corrected chi connectivity index (χ1v) is 6.92. The average molecular weight is 249 g/mol. The average Bonchev–Trinajstić information content (AvgIpc) is 2.79. The molecule has 0 radical (unpaired) electrons. The highest BCUT2D eigenvalue weighted by Crippen LogP contribution is 2.33. The molecule has 1 atom stereocenters. The lowest BCUT2D eigenvalue weighted by Gasteiger charge is -2.14. The molecule has 1 aromatic carbocycles. The second kappa shape index (κ2) is 6.76. The van der Waals surface area contributed by atoms with Crippen molar-refractivity contribution < 1.29 is 9.47 Å². The van der Waals surface area contributed by atoms with E-state index in [0.717, 1.165) is 18.7 Å². The molecule has 0 spiro atoms. The van der Waals surface area contributed by atoms with Crippen LogP contribution in [-0.2, 0) is 11.2 Å². The molecular weight excluding hydrogens is 226 g/mol. The van der Waals surface area contributed by atoms with Crippen molar-refractivity contribution in [3.63, 3.8) is 0 Å². The molecule has 1 unspecified atom stereocenters. The fourth-order valence-electron chi connectivity index (χ4n) is 2.41.